The highest BCUT2D eigenvalue weighted by atomic mass is 16.6. The number of aryl methyl sites for hydroxylation is 1. The van der Waals surface area contributed by atoms with Crippen LogP contribution in [0.5, 0.6) is 11.5 Å². The molecule has 1 aromatic rings. The fraction of sp³-hybridized carbons (Fsp3) is 0.438. The molecule has 0 bridgehead atoms. The average Bonchev–Trinajstić information content (AvgIpc) is 2.61. The highest BCUT2D eigenvalue weighted by Gasteiger charge is 2.37. The first-order valence-corrected chi connectivity index (χ1v) is 9.09. The smallest absolute Gasteiger partial charge is 0.430 e. The van der Waals surface area contributed by atoms with Crippen LogP contribution in [0.4, 0.5) is 0 Å². The van der Waals surface area contributed by atoms with Crippen molar-refractivity contribution < 1.29 is 44.7 Å². The summed E-state index contributed by atoms with van der Waals surface area (Å²) in [5.74, 6) is -2.42. The van der Waals surface area contributed by atoms with Crippen molar-refractivity contribution in [3.8, 4) is 11.5 Å². The quantitative estimate of drug-likeness (QED) is 0.203. The molecule has 2 amide bonds. The van der Waals surface area contributed by atoms with Crippen LogP contribution in [-0.2, 0) is 16.0 Å². The zero-order valence-electron chi connectivity index (χ0n) is 15.5. The first kappa shape index (κ1) is 20.9. The monoisotopic (exact) mass is 410 g/mol. The zero-order chi connectivity index (χ0) is 21.3. The van der Waals surface area contributed by atoms with Gasteiger partial charge < -0.3 is 46.2 Å². The maximum Gasteiger partial charge on any atom is 0.430 e. The van der Waals surface area contributed by atoms with Crippen LogP contribution >= 0.6 is 0 Å². The first-order chi connectivity index (χ1) is 13.6. The third kappa shape index (κ3) is 4.43. The highest BCUT2D eigenvalue weighted by molar-refractivity contribution is 6.59. The van der Waals surface area contributed by atoms with Crippen molar-refractivity contribution >= 4 is 24.5 Å². The zero-order valence-corrected chi connectivity index (χ0v) is 15.5. The molecular weight excluding hydrogens is 387 g/mol. The van der Waals surface area contributed by atoms with Crippen LogP contribution in [0, 0.1) is 0 Å². The summed E-state index contributed by atoms with van der Waals surface area (Å²) in [5.41, 5.74) is 9.26. The summed E-state index contributed by atoms with van der Waals surface area (Å²) < 4.78 is 10.8. The number of nitrogens with one attached hydrogen (secondary N) is 1. The van der Waals surface area contributed by atoms with Gasteiger partial charge in [-0.25, -0.2) is 4.79 Å². The third-order valence-electron chi connectivity index (χ3n) is 4.77. The molecule has 1 saturated heterocycles. The Labute approximate surface area is 165 Å². The maximum atomic E-state index is 12.2. The van der Waals surface area contributed by atoms with Crippen LogP contribution in [0.25, 0.3) is 0 Å². The standard InChI is InChI=1S/C16H22BN4O8/c18-5-11(22)20-14(19)15(23)21-6-9(7-21)28-10-2-1-8-3-4-17(26,27)29-13(8)12(10)16(24)25/h1-2,9,14,26-27H,3-7,18-19H2,(H,20,22)(H,24,25)/q-1/p+1/t14-/m0/s1. The van der Waals surface area contributed by atoms with Crippen LogP contribution in [0.1, 0.15) is 15.9 Å². The van der Waals surface area contributed by atoms with Gasteiger partial charge in [-0.2, -0.15) is 0 Å². The van der Waals surface area contributed by atoms with Crippen molar-refractivity contribution in [1.29, 1.82) is 0 Å². The SMILES string of the molecule is N[C@@H](NC(=O)C[NH3+])C(=O)N1CC(Oc2ccc3c(c2C(=O)O)O[B-](O)(O)CC3)C1. The lowest BCUT2D eigenvalue weighted by Crippen LogP contribution is -2.65. The van der Waals surface area contributed by atoms with Gasteiger partial charge in [0.25, 0.3) is 11.8 Å². The number of hydrogen-bond donors (Lipinski definition) is 6. The Morgan fingerprint density at radius 2 is 2.07 bits per heavy atom. The van der Waals surface area contributed by atoms with Crippen LogP contribution in [-0.4, -0.2) is 76.5 Å². The number of nitrogens with two attached hydrogens (primary N) is 1. The number of nitrogens with zero attached hydrogens (tertiary/aromatic N) is 1. The molecule has 9 N–H and O–H groups in total. The second kappa shape index (κ2) is 7.87. The van der Waals surface area contributed by atoms with Crippen LogP contribution < -0.4 is 26.2 Å². The van der Waals surface area contributed by atoms with Gasteiger partial charge >= 0.3 is 12.7 Å². The molecule has 3 rings (SSSR count). The number of amides is 2. The Morgan fingerprint density at radius 1 is 1.38 bits per heavy atom. The molecule has 2 heterocycles. The molecule has 0 aromatic heterocycles. The van der Waals surface area contributed by atoms with Crippen LogP contribution in [0.15, 0.2) is 12.1 Å². The molecule has 0 aliphatic carbocycles. The number of hydrogen-bond acceptors (Lipinski definition) is 8. The summed E-state index contributed by atoms with van der Waals surface area (Å²) >= 11 is 0. The van der Waals surface area contributed by atoms with E-state index in [1.54, 1.807) is 6.07 Å². The molecule has 0 spiro atoms. The lowest BCUT2D eigenvalue weighted by atomic mass is 9.70. The van der Waals surface area contributed by atoms with Crippen molar-refractivity contribution in [3.63, 3.8) is 0 Å². The fourth-order valence-electron chi connectivity index (χ4n) is 3.21. The molecule has 13 heteroatoms. The lowest BCUT2D eigenvalue weighted by Gasteiger charge is -2.41. The van der Waals surface area contributed by atoms with Gasteiger partial charge in [-0.15, -0.1) is 0 Å². The van der Waals surface area contributed by atoms with E-state index in [-0.39, 0.29) is 49.4 Å². The van der Waals surface area contributed by atoms with E-state index in [0.717, 1.165) is 0 Å². The van der Waals surface area contributed by atoms with Crippen molar-refractivity contribution in [2.75, 3.05) is 19.6 Å². The summed E-state index contributed by atoms with van der Waals surface area (Å²) in [5, 5.41) is 31.4. The van der Waals surface area contributed by atoms with E-state index >= 15 is 0 Å². The number of ether oxygens (including phenoxy) is 1. The summed E-state index contributed by atoms with van der Waals surface area (Å²) in [7, 11) is 0. The fourth-order valence-corrected chi connectivity index (χ4v) is 3.21. The van der Waals surface area contributed by atoms with E-state index in [2.05, 4.69) is 11.1 Å². The lowest BCUT2D eigenvalue weighted by molar-refractivity contribution is -0.355. The van der Waals surface area contributed by atoms with E-state index in [9.17, 15) is 29.5 Å². The average molecular weight is 410 g/mol. The Balaban J connectivity index is 1.67. The summed E-state index contributed by atoms with van der Waals surface area (Å²) in [6, 6.07) is 3.08. The number of carboxylic acid groups (broad SMARTS) is 1. The molecule has 0 unspecified atom stereocenters. The minimum atomic E-state index is -3.13. The molecule has 0 radical (unpaired) electrons. The number of likely N-dealkylation sites (tertiary alicyclic amines) is 1. The minimum Gasteiger partial charge on any atom is -0.669 e. The van der Waals surface area contributed by atoms with Gasteiger partial charge in [0, 0.05) is 0 Å². The van der Waals surface area contributed by atoms with Crippen molar-refractivity contribution in [2.24, 2.45) is 5.73 Å². The molecule has 0 saturated carbocycles. The molecule has 1 aromatic carbocycles. The number of benzene rings is 1. The Bertz CT molecular complexity index is 842. The molecule has 158 valence electrons. The van der Waals surface area contributed by atoms with E-state index in [4.69, 9.17) is 15.1 Å². The predicted molar refractivity (Wildman–Crippen MR) is 97.6 cm³/mol. The number of quaternary nitrogens is 1. The molecule has 1 atom stereocenters. The number of fused-ring (bicyclic) bond motifs is 1. The highest BCUT2D eigenvalue weighted by Crippen LogP contribution is 2.38. The van der Waals surface area contributed by atoms with Crippen molar-refractivity contribution in [1.82, 2.24) is 10.2 Å². The summed E-state index contributed by atoms with van der Waals surface area (Å²) in [6.45, 7) is -2.88. The molecule has 2 aliphatic heterocycles. The normalized spacial score (nSPS) is 18.7. The van der Waals surface area contributed by atoms with Gasteiger partial charge in [-0.1, -0.05) is 12.4 Å². The number of aromatic carboxylic acids is 1. The molecule has 2 aliphatic rings. The van der Waals surface area contributed by atoms with Gasteiger partial charge in [-0.05, 0) is 18.1 Å². The maximum absolute atomic E-state index is 12.2. The Hall–Kier alpha value is -2.87. The second-order valence-electron chi connectivity index (χ2n) is 7.02. The van der Waals surface area contributed by atoms with Gasteiger partial charge in [0.05, 0.1) is 18.8 Å². The number of rotatable bonds is 6. The van der Waals surface area contributed by atoms with E-state index < -0.39 is 36.8 Å². The largest absolute Gasteiger partial charge is 0.669 e. The van der Waals surface area contributed by atoms with Gasteiger partial charge in [0.15, 0.2) is 12.7 Å². The van der Waals surface area contributed by atoms with E-state index in [1.165, 1.54) is 11.0 Å². The Kier molecular flexibility index (Phi) is 5.66. The summed E-state index contributed by atoms with van der Waals surface area (Å²) in [4.78, 5) is 36.5. The first-order valence-electron chi connectivity index (χ1n) is 9.09. The van der Waals surface area contributed by atoms with Crippen molar-refractivity contribution in [3.05, 3.63) is 23.3 Å². The summed E-state index contributed by atoms with van der Waals surface area (Å²) in [6.07, 6.45) is -1.46. The van der Waals surface area contributed by atoms with Crippen molar-refractivity contribution in [2.45, 2.75) is 25.0 Å². The van der Waals surface area contributed by atoms with Crippen LogP contribution in [0.3, 0.4) is 0 Å². The number of carbonyl (C=O) groups excluding carboxylic acids is 2. The van der Waals surface area contributed by atoms with Gasteiger partial charge in [0.2, 0.25) is 0 Å². The second-order valence-corrected chi connectivity index (χ2v) is 7.02. The number of carboxylic acids is 1. The number of carbonyl (C=O) groups is 3. The van der Waals surface area contributed by atoms with Crippen LogP contribution in [0.2, 0.25) is 6.32 Å². The predicted octanol–water partition coefficient (Wildman–Crippen LogP) is -3.52. The topological polar surface area (TPSA) is 199 Å². The van der Waals surface area contributed by atoms with Gasteiger partial charge in [-0.3, -0.25) is 9.59 Å². The Morgan fingerprint density at radius 3 is 2.69 bits per heavy atom. The van der Waals surface area contributed by atoms with Gasteiger partial charge in [0.1, 0.15) is 17.4 Å². The van der Waals surface area contributed by atoms with E-state index in [0.29, 0.717) is 5.56 Å². The third-order valence-corrected chi connectivity index (χ3v) is 4.77. The van der Waals surface area contributed by atoms with E-state index in [1.807, 2.05) is 0 Å². The molecule has 29 heavy (non-hydrogen) atoms. The molecular formula is C16H23BN4O8. The molecule has 1 fully saturated rings. The minimum absolute atomic E-state index is 0.00323. The molecule has 12 nitrogen and oxygen atoms in total.